The van der Waals surface area contributed by atoms with E-state index in [4.69, 9.17) is 11.6 Å². The van der Waals surface area contributed by atoms with Gasteiger partial charge in [0.1, 0.15) is 0 Å². The zero-order valence-corrected chi connectivity index (χ0v) is 6.25. The van der Waals surface area contributed by atoms with Gasteiger partial charge in [-0.15, -0.1) is 0 Å². The van der Waals surface area contributed by atoms with Crippen LogP contribution >= 0.6 is 11.6 Å². The molecule has 2 aliphatic carbocycles. The highest BCUT2D eigenvalue weighted by Crippen LogP contribution is 2.43. The summed E-state index contributed by atoms with van der Waals surface area (Å²) in [6.07, 6.45) is 6.67. The van der Waals surface area contributed by atoms with Crippen LogP contribution in [0.1, 0.15) is 32.1 Å². The maximum absolute atomic E-state index is 6.06. The minimum atomic E-state index is 0.782. The third kappa shape index (κ3) is 1.01. The summed E-state index contributed by atoms with van der Waals surface area (Å²) >= 11 is 6.06. The first-order valence-corrected chi connectivity index (χ1v) is 4.13. The van der Waals surface area contributed by atoms with Crippen molar-refractivity contribution in [3.8, 4) is 0 Å². The van der Waals surface area contributed by atoms with Crippen LogP contribution in [0.15, 0.2) is 10.6 Å². The summed E-state index contributed by atoms with van der Waals surface area (Å²) in [5.41, 5.74) is 1.54. The molecule has 2 fully saturated rings. The second-order valence-corrected chi connectivity index (χ2v) is 3.49. The molecule has 2 rings (SSSR count). The van der Waals surface area contributed by atoms with E-state index in [1.54, 1.807) is 5.57 Å². The van der Waals surface area contributed by atoms with Gasteiger partial charge >= 0.3 is 0 Å². The first-order chi connectivity index (χ1) is 4.38. The Balaban J connectivity index is 2.03. The quantitative estimate of drug-likeness (QED) is 0.528. The SMILES string of the molecule is ClC(=C1CC1)C1CCC1. The van der Waals surface area contributed by atoms with Gasteiger partial charge in [-0.25, -0.2) is 0 Å². The summed E-state index contributed by atoms with van der Waals surface area (Å²) in [6, 6.07) is 0. The second kappa shape index (κ2) is 2.02. The summed E-state index contributed by atoms with van der Waals surface area (Å²) in [6.45, 7) is 0. The Bertz CT molecular complexity index is 148. The predicted octanol–water partition coefficient (Wildman–Crippen LogP) is 3.07. The van der Waals surface area contributed by atoms with Crippen molar-refractivity contribution in [2.75, 3.05) is 0 Å². The Labute approximate surface area is 60.9 Å². The fourth-order valence-corrected chi connectivity index (χ4v) is 1.66. The summed E-state index contributed by atoms with van der Waals surface area (Å²) < 4.78 is 0. The van der Waals surface area contributed by atoms with Crippen LogP contribution < -0.4 is 0 Å². The average molecular weight is 143 g/mol. The minimum Gasteiger partial charge on any atom is -0.0889 e. The lowest BCUT2D eigenvalue weighted by atomic mass is 9.85. The molecule has 0 saturated heterocycles. The molecule has 2 saturated carbocycles. The molecule has 0 heterocycles. The van der Waals surface area contributed by atoms with Gasteiger partial charge in [0, 0.05) is 5.03 Å². The summed E-state index contributed by atoms with van der Waals surface area (Å²) in [7, 11) is 0. The molecule has 0 aromatic rings. The van der Waals surface area contributed by atoms with Crippen LogP contribution in [-0.2, 0) is 0 Å². The van der Waals surface area contributed by atoms with Crippen molar-refractivity contribution >= 4 is 11.6 Å². The lowest BCUT2D eigenvalue weighted by molar-refractivity contribution is 0.380. The van der Waals surface area contributed by atoms with Crippen molar-refractivity contribution in [3.63, 3.8) is 0 Å². The summed E-state index contributed by atoms with van der Waals surface area (Å²) in [5, 5.41) is 1.22. The lowest BCUT2D eigenvalue weighted by Crippen LogP contribution is -2.10. The standard InChI is InChI=1S/C8H11Cl/c9-8(7-4-5-7)6-2-1-3-6/h6H,1-5H2. The maximum Gasteiger partial charge on any atom is 0.0204 e. The topological polar surface area (TPSA) is 0 Å². The van der Waals surface area contributed by atoms with Crippen LogP contribution in [-0.4, -0.2) is 0 Å². The Kier molecular flexibility index (Phi) is 1.30. The highest BCUT2D eigenvalue weighted by atomic mass is 35.5. The lowest BCUT2D eigenvalue weighted by Gasteiger charge is -2.24. The molecule has 0 aromatic heterocycles. The van der Waals surface area contributed by atoms with Crippen LogP contribution in [0.4, 0.5) is 0 Å². The average Bonchev–Trinajstić information content (AvgIpc) is 2.37. The number of halogens is 1. The van der Waals surface area contributed by atoms with E-state index in [9.17, 15) is 0 Å². The fraction of sp³-hybridized carbons (Fsp3) is 0.750. The monoisotopic (exact) mass is 142 g/mol. The van der Waals surface area contributed by atoms with Crippen LogP contribution in [0, 0.1) is 5.92 Å². The second-order valence-electron chi connectivity index (χ2n) is 3.08. The molecule has 9 heavy (non-hydrogen) atoms. The van der Waals surface area contributed by atoms with Crippen molar-refractivity contribution in [1.82, 2.24) is 0 Å². The number of hydrogen-bond donors (Lipinski definition) is 0. The van der Waals surface area contributed by atoms with Gasteiger partial charge < -0.3 is 0 Å². The number of allylic oxidation sites excluding steroid dienone is 2. The first kappa shape index (κ1) is 5.79. The molecule has 0 amide bonds. The van der Waals surface area contributed by atoms with Crippen LogP contribution in [0.25, 0.3) is 0 Å². The molecule has 0 unspecified atom stereocenters. The van der Waals surface area contributed by atoms with Gasteiger partial charge in [0.15, 0.2) is 0 Å². The van der Waals surface area contributed by atoms with Crippen molar-refractivity contribution in [2.45, 2.75) is 32.1 Å². The van der Waals surface area contributed by atoms with Gasteiger partial charge in [0.25, 0.3) is 0 Å². The molecule has 0 nitrogen and oxygen atoms in total. The van der Waals surface area contributed by atoms with Gasteiger partial charge in [0.2, 0.25) is 0 Å². The molecule has 0 spiro atoms. The van der Waals surface area contributed by atoms with E-state index in [2.05, 4.69) is 0 Å². The van der Waals surface area contributed by atoms with Crippen molar-refractivity contribution in [2.24, 2.45) is 5.92 Å². The zero-order valence-electron chi connectivity index (χ0n) is 5.49. The normalized spacial score (nSPS) is 25.7. The van der Waals surface area contributed by atoms with E-state index in [1.807, 2.05) is 0 Å². The fourth-order valence-electron chi connectivity index (χ4n) is 1.25. The summed E-state index contributed by atoms with van der Waals surface area (Å²) in [4.78, 5) is 0. The van der Waals surface area contributed by atoms with Crippen LogP contribution in [0.5, 0.6) is 0 Å². The first-order valence-electron chi connectivity index (χ1n) is 3.75. The van der Waals surface area contributed by atoms with Gasteiger partial charge in [-0.3, -0.25) is 0 Å². The van der Waals surface area contributed by atoms with Crippen LogP contribution in [0.2, 0.25) is 0 Å². The Morgan fingerprint density at radius 2 is 2.00 bits per heavy atom. The molecule has 2 aliphatic rings. The highest BCUT2D eigenvalue weighted by molar-refractivity contribution is 6.30. The molecule has 0 radical (unpaired) electrons. The Hall–Kier alpha value is 0.0300. The largest absolute Gasteiger partial charge is 0.0889 e. The maximum atomic E-state index is 6.06. The number of rotatable bonds is 1. The molecule has 0 bridgehead atoms. The highest BCUT2D eigenvalue weighted by Gasteiger charge is 2.26. The zero-order chi connectivity index (χ0) is 6.27. The molecule has 0 atom stereocenters. The van der Waals surface area contributed by atoms with E-state index in [1.165, 1.54) is 37.1 Å². The van der Waals surface area contributed by atoms with Gasteiger partial charge in [-0.05, 0) is 31.6 Å². The van der Waals surface area contributed by atoms with Gasteiger partial charge in [-0.1, -0.05) is 23.6 Å². The third-order valence-electron chi connectivity index (χ3n) is 2.30. The van der Waals surface area contributed by atoms with E-state index in [-0.39, 0.29) is 0 Å². The number of hydrogen-bond acceptors (Lipinski definition) is 0. The van der Waals surface area contributed by atoms with E-state index < -0.39 is 0 Å². The molecular weight excluding hydrogens is 132 g/mol. The molecular formula is C8H11Cl. The van der Waals surface area contributed by atoms with E-state index in [0.29, 0.717) is 0 Å². The molecule has 0 aliphatic heterocycles. The van der Waals surface area contributed by atoms with Crippen molar-refractivity contribution in [1.29, 1.82) is 0 Å². The summed E-state index contributed by atoms with van der Waals surface area (Å²) in [5.74, 6) is 0.782. The van der Waals surface area contributed by atoms with Crippen molar-refractivity contribution in [3.05, 3.63) is 10.6 Å². The predicted molar refractivity (Wildman–Crippen MR) is 39.5 cm³/mol. The van der Waals surface area contributed by atoms with Gasteiger partial charge in [0.05, 0.1) is 0 Å². The molecule has 0 aromatic carbocycles. The third-order valence-corrected chi connectivity index (χ3v) is 2.88. The Morgan fingerprint density at radius 1 is 1.33 bits per heavy atom. The van der Waals surface area contributed by atoms with Crippen molar-refractivity contribution < 1.29 is 0 Å². The molecule has 1 heteroatoms. The smallest absolute Gasteiger partial charge is 0.0204 e. The van der Waals surface area contributed by atoms with Crippen LogP contribution in [0.3, 0.4) is 0 Å². The van der Waals surface area contributed by atoms with E-state index in [0.717, 1.165) is 5.92 Å². The molecule has 50 valence electrons. The minimum absolute atomic E-state index is 0.782. The molecule has 0 N–H and O–H groups in total. The van der Waals surface area contributed by atoms with Gasteiger partial charge in [-0.2, -0.15) is 0 Å². The Morgan fingerprint density at radius 3 is 2.33 bits per heavy atom. The van der Waals surface area contributed by atoms with E-state index >= 15 is 0 Å².